The summed E-state index contributed by atoms with van der Waals surface area (Å²) < 4.78 is 0. The highest BCUT2D eigenvalue weighted by Crippen LogP contribution is 2.20. The molecule has 0 aliphatic rings. The van der Waals surface area contributed by atoms with E-state index in [1.807, 2.05) is 25.3 Å². The molecule has 3 amide bonds. The summed E-state index contributed by atoms with van der Waals surface area (Å²) in [5.41, 5.74) is 3.12. The van der Waals surface area contributed by atoms with Gasteiger partial charge in [-0.3, -0.25) is 4.79 Å². The lowest BCUT2D eigenvalue weighted by molar-refractivity contribution is -0.114. The molecule has 0 atom stereocenters. The van der Waals surface area contributed by atoms with Gasteiger partial charge in [0.05, 0.1) is 17.2 Å². The lowest BCUT2D eigenvalue weighted by atomic mass is 10.2. The van der Waals surface area contributed by atoms with Crippen molar-refractivity contribution < 1.29 is 9.59 Å². The van der Waals surface area contributed by atoms with Crippen LogP contribution in [0.25, 0.3) is 0 Å². The number of nitrogens with zero attached hydrogens (tertiary/aromatic N) is 2. The first-order valence-corrected chi connectivity index (χ1v) is 8.04. The number of benzene rings is 1. The van der Waals surface area contributed by atoms with Gasteiger partial charge in [0.25, 0.3) is 0 Å². The maximum Gasteiger partial charge on any atom is 0.321 e. The van der Waals surface area contributed by atoms with Gasteiger partial charge < -0.3 is 15.5 Å². The standard InChI is InChI=1S/C16H20N4O2S/c1-10-5-6-13(7-15(10)17-11(2)21)19-16(22)20(4)8-14-9-23-12(3)18-14/h5-7,9H,8H2,1-4H3,(H,17,21)(H,19,22). The van der Waals surface area contributed by atoms with E-state index in [1.54, 1.807) is 35.4 Å². The zero-order valence-electron chi connectivity index (χ0n) is 13.6. The highest BCUT2D eigenvalue weighted by molar-refractivity contribution is 7.09. The average molecular weight is 332 g/mol. The molecule has 0 saturated heterocycles. The van der Waals surface area contributed by atoms with Crippen molar-refractivity contribution in [3.05, 3.63) is 39.8 Å². The summed E-state index contributed by atoms with van der Waals surface area (Å²) in [5.74, 6) is -0.146. The molecule has 122 valence electrons. The first-order valence-electron chi connectivity index (χ1n) is 7.16. The Hall–Kier alpha value is -2.41. The summed E-state index contributed by atoms with van der Waals surface area (Å²) >= 11 is 1.56. The van der Waals surface area contributed by atoms with Crippen LogP contribution in [0.5, 0.6) is 0 Å². The maximum absolute atomic E-state index is 12.2. The van der Waals surface area contributed by atoms with Crippen molar-refractivity contribution in [2.45, 2.75) is 27.3 Å². The first-order chi connectivity index (χ1) is 10.8. The molecular formula is C16H20N4O2S. The molecule has 0 spiro atoms. The number of aryl methyl sites for hydroxylation is 2. The molecule has 0 bridgehead atoms. The summed E-state index contributed by atoms with van der Waals surface area (Å²) in [6.07, 6.45) is 0. The molecule has 2 rings (SSSR count). The number of carbonyl (C=O) groups excluding carboxylic acids is 2. The van der Waals surface area contributed by atoms with Crippen molar-refractivity contribution in [1.82, 2.24) is 9.88 Å². The van der Waals surface area contributed by atoms with Crippen molar-refractivity contribution in [1.29, 1.82) is 0 Å². The molecule has 0 fully saturated rings. The Kier molecular flexibility index (Phi) is 5.33. The molecule has 7 heteroatoms. The fraction of sp³-hybridized carbons (Fsp3) is 0.312. The largest absolute Gasteiger partial charge is 0.326 e. The molecule has 1 aromatic carbocycles. The number of rotatable bonds is 4. The Morgan fingerprint density at radius 2 is 2.00 bits per heavy atom. The maximum atomic E-state index is 12.2. The van der Waals surface area contributed by atoms with Gasteiger partial charge in [0.2, 0.25) is 5.91 Å². The lowest BCUT2D eigenvalue weighted by Gasteiger charge is -2.17. The number of thiazole rings is 1. The van der Waals surface area contributed by atoms with Crippen LogP contribution in [0.1, 0.15) is 23.2 Å². The van der Waals surface area contributed by atoms with E-state index in [4.69, 9.17) is 0 Å². The summed E-state index contributed by atoms with van der Waals surface area (Å²) in [4.78, 5) is 29.4. The molecule has 2 aromatic rings. The number of hydrogen-bond acceptors (Lipinski definition) is 4. The normalized spacial score (nSPS) is 10.3. The van der Waals surface area contributed by atoms with E-state index in [0.29, 0.717) is 17.9 Å². The third kappa shape index (κ3) is 4.79. The highest BCUT2D eigenvalue weighted by atomic mass is 32.1. The quantitative estimate of drug-likeness (QED) is 0.901. The van der Waals surface area contributed by atoms with E-state index in [1.165, 1.54) is 6.92 Å². The van der Waals surface area contributed by atoms with Crippen molar-refractivity contribution in [3.63, 3.8) is 0 Å². The third-order valence-electron chi connectivity index (χ3n) is 3.21. The van der Waals surface area contributed by atoms with Gasteiger partial charge >= 0.3 is 6.03 Å². The van der Waals surface area contributed by atoms with Gasteiger partial charge in [-0.15, -0.1) is 11.3 Å². The van der Waals surface area contributed by atoms with Crippen LogP contribution in [0.3, 0.4) is 0 Å². The van der Waals surface area contributed by atoms with Gasteiger partial charge in [0.1, 0.15) is 0 Å². The van der Waals surface area contributed by atoms with Crippen molar-refractivity contribution in [2.75, 3.05) is 17.7 Å². The van der Waals surface area contributed by atoms with Crippen molar-refractivity contribution in [2.24, 2.45) is 0 Å². The molecule has 0 radical (unpaired) electrons. The molecule has 0 unspecified atom stereocenters. The van der Waals surface area contributed by atoms with Gasteiger partial charge in [-0.2, -0.15) is 0 Å². The third-order valence-corrected chi connectivity index (χ3v) is 4.03. The summed E-state index contributed by atoms with van der Waals surface area (Å²) in [7, 11) is 1.72. The van der Waals surface area contributed by atoms with Gasteiger partial charge in [0.15, 0.2) is 0 Å². The number of nitrogens with one attached hydrogen (secondary N) is 2. The van der Waals surface area contributed by atoms with Crippen LogP contribution in [0.4, 0.5) is 16.2 Å². The van der Waals surface area contributed by atoms with Gasteiger partial charge in [-0.05, 0) is 31.5 Å². The number of urea groups is 1. The van der Waals surface area contributed by atoms with Gasteiger partial charge in [-0.25, -0.2) is 9.78 Å². The van der Waals surface area contributed by atoms with Crippen molar-refractivity contribution in [3.8, 4) is 0 Å². The van der Waals surface area contributed by atoms with Crippen LogP contribution < -0.4 is 10.6 Å². The molecule has 2 N–H and O–H groups in total. The molecule has 1 heterocycles. The second kappa shape index (κ2) is 7.23. The zero-order valence-corrected chi connectivity index (χ0v) is 14.5. The Morgan fingerprint density at radius 1 is 1.26 bits per heavy atom. The predicted octanol–water partition coefficient (Wildman–Crippen LogP) is 3.38. The monoisotopic (exact) mass is 332 g/mol. The topological polar surface area (TPSA) is 74.3 Å². The summed E-state index contributed by atoms with van der Waals surface area (Å²) in [6.45, 7) is 5.73. The fourth-order valence-electron chi connectivity index (χ4n) is 2.04. The second-order valence-corrected chi connectivity index (χ2v) is 6.42. The Bertz CT molecular complexity index is 727. The molecule has 0 aliphatic carbocycles. The Morgan fingerprint density at radius 3 is 2.61 bits per heavy atom. The first kappa shape index (κ1) is 17.0. The van der Waals surface area contributed by atoms with Gasteiger partial charge in [0, 0.05) is 30.7 Å². The lowest BCUT2D eigenvalue weighted by Crippen LogP contribution is -2.31. The average Bonchev–Trinajstić information content (AvgIpc) is 2.87. The number of anilines is 2. The minimum absolute atomic E-state index is 0.146. The van der Waals surface area contributed by atoms with E-state index in [9.17, 15) is 9.59 Å². The molecule has 23 heavy (non-hydrogen) atoms. The predicted molar refractivity (Wildman–Crippen MR) is 92.8 cm³/mol. The number of aromatic nitrogens is 1. The molecule has 0 aliphatic heterocycles. The number of hydrogen-bond donors (Lipinski definition) is 2. The van der Waals surface area contributed by atoms with Crippen LogP contribution in [0.15, 0.2) is 23.6 Å². The van der Waals surface area contributed by atoms with E-state index in [0.717, 1.165) is 16.3 Å². The minimum atomic E-state index is -0.228. The molecule has 6 nitrogen and oxygen atoms in total. The van der Waals surface area contributed by atoms with E-state index in [2.05, 4.69) is 15.6 Å². The van der Waals surface area contributed by atoms with Crippen LogP contribution in [-0.2, 0) is 11.3 Å². The number of amides is 3. The molecular weight excluding hydrogens is 312 g/mol. The smallest absolute Gasteiger partial charge is 0.321 e. The minimum Gasteiger partial charge on any atom is -0.326 e. The summed E-state index contributed by atoms with van der Waals surface area (Å²) in [6, 6.07) is 5.17. The second-order valence-electron chi connectivity index (χ2n) is 5.35. The Labute approximate surface area is 139 Å². The Balaban J connectivity index is 2.03. The van der Waals surface area contributed by atoms with Crippen molar-refractivity contribution >= 4 is 34.6 Å². The zero-order chi connectivity index (χ0) is 17.0. The number of carbonyl (C=O) groups is 2. The van der Waals surface area contributed by atoms with Crippen LogP contribution in [0, 0.1) is 13.8 Å². The van der Waals surface area contributed by atoms with Crippen LogP contribution >= 0.6 is 11.3 Å². The highest BCUT2D eigenvalue weighted by Gasteiger charge is 2.12. The molecule has 1 aromatic heterocycles. The van der Waals surface area contributed by atoms with Crippen LogP contribution in [-0.4, -0.2) is 28.9 Å². The van der Waals surface area contributed by atoms with E-state index in [-0.39, 0.29) is 11.9 Å². The fourth-order valence-corrected chi connectivity index (χ4v) is 2.64. The van der Waals surface area contributed by atoms with Crippen LogP contribution in [0.2, 0.25) is 0 Å². The SMILES string of the molecule is CC(=O)Nc1cc(NC(=O)N(C)Cc2csc(C)n2)ccc1C. The molecule has 0 saturated carbocycles. The van der Waals surface area contributed by atoms with E-state index < -0.39 is 0 Å². The van der Waals surface area contributed by atoms with Gasteiger partial charge in [-0.1, -0.05) is 6.07 Å². The van der Waals surface area contributed by atoms with E-state index >= 15 is 0 Å². The summed E-state index contributed by atoms with van der Waals surface area (Å²) in [5, 5.41) is 8.49.